The average Bonchev–Trinajstić information content (AvgIpc) is 2.50. The molecule has 1 rings (SSSR count). The van der Waals surface area contributed by atoms with Gasteiger partial charge in [-0.05, 0) is 26.2 Å². The second-order valence-corrected chi connectivity index (χ2v) is 5.22. The zero-order valence-electron chi connectivity index (χ0n) is 13.4. The van der Waals surface area contributed by atoms with Crippen LogP contribution in [0.2, 0.25) is 6.82 Å². The van der Waals surface area contributed by atoms with E-state index in [4.69, 9.17) is 4.74 Å². The smallest absolute Gasteiger partial charge is 0.374 e. The number of amides is 1. The van der Waals surface area contributed by atoms with Crippen LogP contribution in [0.4, 0.5) is 0 Å². The highest BCUT2D eigenvalue weighted by atomic mass is 16.5. The summed E-state index contributed by atoms with van der Waals surface area (Å²) in [5.41, 5.74) is 0.913. The zero-order chi connectivity index (χ0) is 16.7. The molecule has 6 nitrogen and oxygen atoms in total. The number of rotatable bonds is 7. The fourth-order valence-corrected chi connectivity index (χ4v) is 2.17. The highest BCUT2D eigenvalue weighted by molar-refractivity contribution is 6.46. The minimum atomic E-state index is -0.814. The monoisotopic (exact) mass is 306 g/mol. The normalized spacial score (nSPS) is 13.1. The summed E-state index contributed by atoms with van der Waals surface area (Å²) in [4.78, 5) is 25.8. The van der Waals surface area contributed by atoms with Crippen molar-refractivity contribution < 1.29 is 19.3 Å². The summed E-state index contributed by atoms with van der Waals surface area (Å²) in [6.07, 6.45) is 0. The molecule has 0 aliphatic rings. The van der Waals surface area contributed by atoms with E-state index in [9.17, 15) is 14.6 Å². The van der Waals surface area contributed by atoms with Crippen molar-refractivity contribution in [2.24, 2.45) is 0 Å². The van der Waals surface area contributed by atoms with E-state index in [1.165, 1.54) is 18.8 Å². The van der Waals surface area contributed by atoms with Gasteiger partial charge in [-0.1, -0.05) is 30.3 Å². The van der Waals surface area contributed by atoms with Crippen molar-refractivity contribution in [1.82, 2.24) is 10.1 Å². The van der Waals surface area contributed by atoms with Gasteiger partial charge in [0.15, 0.2) is 0 Å². The van der Waals surface area contributed by atoms with Crippen molar-refractivity contribution in [1.29, 1.82) is 0 Å². The van der Waals surface area contributed by atoms with Gasteiger partial charge in [0.05, 0.1) is 13.2 Å². The van der Waals surface area contributed by atoms with Crippen LogP contribution < -0.4 is 5.23 Å². The third kappa shape index (κ3) is 5.16. The highest BCUT2D eigenvalue weighted by Gasteiger charge is 2.30. The van der Waals surface area contributed by atoms with Gasteiger partial charge in [0.25, 0.3) is 0 Å². The van der Waals surface area contributed by atoms with E-state index in [1.54, 1.807) is 13.8 Å². The molecule has 1 aromatic rings. The minimum absolute atomic E-state index is 0.275. The minimum Gasteiger partial charge on any atom is -0.467 e. The lowest BCUT2D eigenvalue weighted by molar-refractivity contribution is -0.153. The van der Waals surface area contributed by atoms with Gasteiger partial charge in [-0.3, -0.25) is 4.79 Å². The molecule has 0 aliphatic carbocycles. The van der Waals surface area contributed by atoms with E-state index in [0.717, 1.165) is 5.56 Å². The van der Waals surface area contributed by atoms with Crippen molar-refractivity contribution in [3.05, 3.63) is 35.9 Å². The molecular formula is C15H23BN2O4. The molecule has 0 saturated heterocycles. The maximum absolute atomic E-state index is 12.6. The van der Waals surface area contributed by atoms with Crippen molar-refractivity contribution in [2.45, 2.75) is 39.3 Å². The van der Waals surface area contributed by atoms with Crippen molar-refractivity contribution in [3.8, 4) is 0 Å². The molecule has 0 saturated carbocycles. The number of carbonyl (C=O) groups excluding carboxylic acids is 2. The van der Waals surface area contributed by atoms with E-state index < -0.39 is 25.1 Å². The van der Waals surface area contributed by atoms with Gasteiger partial charge in [-0.2, -0.15) is 0 Å². The Hall–Kier alpha value is -1.86. The predicted octanol–water partition coefficient (Wildman–Crippen LogP) is 0.665. The van der Waals surface area contributed by atoms with Crippen LogP contribution in [0.25, 0.3) is 0 Å². The molecule has 0 heterocycles. The Morgan fingerprint density at radius 3 is 2.41 bits per heavy atom. The summed E-state index contributed by atoms with van der Waals surface area (Å²) in [5, 5.41) is 12.1. The number of nitrogens with zero attached hydrogens (tertiary/aromatic N) is 1. The van der Waals surface area contributed by atoms with Gasteiger partial charge in [0.1, 0.15) is 6.04 Å². The molecule has 0 fully saturated rings. The summed E-state index contributed by atoms with van der Waals surface area (Å²) in [5.74, 6) is -0.754. The molecule has 2 N–H and O–H groups in total. The van der Waals surface area contributed by atoms with E-state index in [0.29, 0.717) is 6.54 Å². The van der Waals surface area contributed by atoms with Gasteiger partial charge < -0.3 is 19.9 Å². The van der Waals surface area contributed by atoms with Gasteiger partial charge in [0.2, 0.25) is 5.91 Å². The Kier molecular flexibility index (Phi) is 7.07. The lowest BCUT2D eigenvalue weighted by Gasteiger charge is -2.30. The summed E-state index contributed by atoms with van der Waals surface area (Å²) in [6, 6.07) is 8.08. The second-order valence-electron chi connectivity index (χ2n) is 5.22. The number of ether oxygens (including phenoxy) is 1. The number of nitrogens with one attached hydrogen (secondary N) is 1. The molecule has 0 aromatic heterocycles. The lowest BCUT2D eigenvalue weighted by Crippen LogP contribution is -2.53. The molecule has 2 unspecified atom stereocenters. The molecule has 0 radical (unpaired) electrons. The number of benzene rings is 1. The number of carbonyl (C=O) groups is 2. The van der Waals surface area contributed by atoms with E-state index in [2.05, 4.69) is 5.23 Å². The first-order chi connectivity index (χ1) is 10.4. The Morgan fingerprint density at radius 2 is 1.91 bits per heavy atom. The summed E-state index contributed by atoms with van der Waals surface area (Å²) in [6.45, 7) is 5.11. The van der Waals surface area contributed by atoms with Crippen LogP contribution >= 0.6 is 0 Å². The van der Waals surface area contributed by atoms with Crippen molar-refractivity contribution >= 4 is 18.9 Å². The Bertz CT molecular complexity index is 496. The zero-order valence-corrected chi connectivity index (χ0v) is 13.4. The highest BCUT2D eigenvalue weighted by Crippen LogP contribution is 2.11. The van der Waals surface area contributed by atoms with Crippen LogP contribution in [-0.4, -0.2) is 48.0 Å². The van der Waals surface area contributed by atoms with E-state index in [-0.39, 0.29) is 5.91 Å². The van der Waals surface area contributed by atoms with Crippen LogP contribution in [0.1, 0.15) is 19.4 Å². The first-order valence-electron chi connectivity index (χ1n) is 7.23. The maximum atomic E-state index is 12.6. The SMILES string of the molecule is COC(=O)C(C)N(Cc1ccccc1)C(=O)C(C)NB(C)O. The van der Waals surface area contributed by atoms with Gasteiger partial charge in [-0.15, -0.1) is 0 Å². The van der Waals surface area contributed by atoms with Crippen LogP contribution in [0, 0.1) is 0 Å². The fourth-order valence-electron chi connectivity index (χ4n) is 2.17. The molecule has 1 aromatic carbocycles. The summed E-state index contributed by atoms with van der Waals surface area (Å²) < 4.78 is 4.74. The quantitative estimate of drug-likeness (QED) is 0.572. The molecule has 0 bridgehead atoms. The lowest BCUT2D eigenvalue weighted by atomic mass is 9.87. The number of hydrogen-bond acceptors (Lipinski definition) is 5. The first-order valence-corrected chi connectivity index (χ1v) is 7.23. The van der Waals surface area contributed by atoms with E-state index >= 15 is 0 Å². The number of esters is 1. The maximum Gasteiger partial charge on any atom is 0.374 e. The van der Waals surface area contributed by atoms with Crippen LogP contribution in [-0.2, 0) is 20.9 Å². The second kappa shape index (κ2) is 8.55. The molecule has 1 amide bonds. The van der Waals surface area contributed by atoms with Gasteiger partial charge in [0, 0.05) is 6.54 Å². The van der Waals surface area contributed by atoms with Crippen molar-refractivity contribution in [2.75, 3.05) is 7.11 Å². The Morgan fingerprint density at radius 1 is 1.32 bits per heavy atom. The van der Waals surface area contributed by atoms with Gasteiger partial charge >= 0.3 is 13.0 Å². The summed E-state index contributed by atoms with van der Waals surface area (Å²) in [7, 11) is 0.479. The standard InChI is InChI=1S/C15H23BN2O4/c1-11(17-16(3)21)14(19)18(12(2)15(20)22-4)10-13-8-6-5-7-9-13/h5-9,11-12,17,21H,10H2,1-4H3. The molecule has 0 spiro atoms. The molecule has 7 heteroatoms. The van der Waals surface area contributed by atoms with Crippen LogP contribution in [0.15, 0.2) is 30.3 Å². The first kappa shape index (κ1) is 18.2. The fraction of sp³-hybridized carbons (Fsp3) is 0.467. The predicted molar refractivity (Wildman–Crippen MR) is 84.9 cm³/mol. The molecule has 22 heavy (non-hydrogen) atoms. The average molecular weight is 306 g/mol. The van der Waals surface area contributed by atoms with Crippen molar-refractivity contribution in [3.63, 3.8) is 0 Å². The Balaban J connectivity index is 2.95. The largest absolute Gasteiger partial charge is 0.467 e. The molecular weight excluding hydrogens is 283 g/mol. The van der Waals surface area contributed by atoms with Crippen LogP contribution in [0.5, 0.6) is 0 Å². The topological polar surface area (TPSA) is 78.9 Å². The third-order valence-corrected chi connectivity index (χ3v) is 3.35. The number of methoxy groups -OCH3 is 1. The van der Waals surface area contributed by atoms with E-state index in [1.807, 2.05) is 30.3 Å². The summed E-state index contributed by atoms with van der Waals surface area (Å²) >= 11 is 0. The Labute approximate surface area is 131 Å². The molecule has 0 aliphatic heterocycles. The molecule has 2 atom stereocenters. The third-order valence-electron chi connectivity index (χ3n) is 3.35. The number of hydrogen-bond donors (Lipinski definition) is 2. The molecule has 120 valence electrons. The van der Waals surface area contributed by atoms with Gasteiger partial charge in [-0.25, -0.2) is 4.79 Å². The van der Waals surface area contributed by atoms with Crippen LogP contribution in [0.3, 0.4) is 0 Å².